The van der Waals surface area contributed by atoms with E-state index in [0.717, 1.165) is 23.2 Å². The number of hydrogen-bond acceptors (Lipinski definition) is 3. The van der Waals surface area contributed by atoms with Gasteiger partial charge in [0.1, 0.15) is 0 Å². The van der Waals surface area contributed by atoms with Crippen LogP contribution in [0.1, 0.15) is 32.1 Å². The molecule has 0 amide bonds. The fourth-order valence-corrected chi connectivity index (χ4v) is 3.67. The van der Waals surface area contributed by atoms with Crippen LogP contribution in [0.3, 0.4) is 0 Å². The molecule has 0 radical (unpaired) electrons. The topological polar surface area (TPSA) is 37.0 Å². The number of thioether (sulfide) groups is 1. The highest BCUT2D eigenvalue weighted by Gasteiger charge is 2.12. The summed E-state index contributed by atoms with van der Waals surface area (Å²) < 4.78 is 0. The van der Waals surface area contributed by atoms with E-state index in [1.165, 1.54) is 32.1 Å². The average Bonchev–Trinajstić information content (AvgIpc) is 2.46. The lowest BCUT2D eigenvalue weighted by Crippen LogP contribution is -2.30. The predicted octanol–water partition coefficient (Wildman–Crippen LogP) is 3.43. The van der Waals surface area contributed by atoms with Crippen molar-refractivity contribution in [1.29, 1.82) is 0 Å². The molecule has 0 aliphatic heterocycles. The summed E-state index contributed by atoms with van der Waals surface area (Å²) in [7, 11) is 0. The second kappa shape index (κ2) is 8.38. The van der Waals surface area contributed by atoms with Gasteiger partial charge in [-0.1, -0.05) is 19.3 Å². The second-order valence-corrected chi connectivity index (χ2v) is 6.57. The molecule has 0 atom stereocenters. The molecule has 1 heterocycles. The van der Waals surface area contributed by atoms with E-state index in [4.69, 9.17) is 12.2 Å². The van der Waals surface area contributed by atoms with Crippen LogP contribution in [0.25, 0.3) is 0 Å². The number of hydrogen-bond donors (Lipinski definition) is 2. The van der Waals surface area contributed by atoms with E-state index < -0.39 is 0 Å². The molecule has 0 unspecified atom stereocenters. The van der Waals surface area contributed by atoms with Gasteiger partial charge in [-0.2, -0.15) is 11.8 Å². The third-order valence-electron chi connectivity index (χ3n) is 3.21. The van der Waals surface area contributed by atoms with Gasteiger partial charge in [0.05, 0.1) is 11.9 Å². The number of pyridine rings is 1. The normalized spacial score (nSPS) is 16.0. The third kappa shape index (κ3) is 5.78. The number of thiocarbonyl (C=S) groups is 1. The van der Waals surface area contributed by atoms with E-state index in [9.17, 15) is 0 Å². The summed E-state index contributed by atoms with van der Waals surface area (Å²) in [4.78, 5) is 4.04. The van der Waals surface area contributed by atoms with Gasteiger partial charge in [-0.05, 0) is 37.2 Å². The molecule has 1 fully saturated rings. The number of anilines is 1. The summed E-state index contributed by atoms with van der Waals surface area (Å²) in [5.41, 5.74) is 0.930. The molecule has 104 valence electrons. The first-order valence-electron chi connectivity index (χ1n) is 6.91. The van der Waals surface area contributed by atoms with E-state index in [0.29, 0.717) is 5.11 Å². The Hall–Kier alpha value is -0.810. The second-order valence-electron chi connectivity index (χ2n) is 4.75. The van der Waals surface area contributed by atoms with Gasteiger partial charge in [0, 0.05) is 23.7 Å². The molecule has 5 heteroatoms. The highest BCUT2D eigenvalue weighted by molar-refractivity contribution is 7.99. The molecule has 0 bridgehead atoms. The zero-order valence-electron chi connectivity index (χ0n) is 11.1. The summed E-state index contributed by atoms with van der Waals surface area (Å²) in [6, 6.07) is 3.85. The van der Waals surface area contributed by atoms with Crippen LogP contribution in [-0.2, 0) is 0 Å². The minimum absolute atomic E-state index is 0.678. The standard InChI is InChI=1S/C14H21N3S2/c18-14(17-12-5-4-8-15-11-12)16-9-10-19-13-6-2-1-3-7-13/h4-5,8,11,13H,1-3,6-7,9-10H2,(H2,16,17,18). The molecule has 0 aromatic carbocycles. The van der Waals surface area contributed by atoms with Gasteiger partial charge < -0.3 is 10.6 Å². The van der Waals surface area contributed by atoms with Crippen molar-refractivity contribution in [2.75, 3.05) is 17.6 Å². The molecule has 0 saturated heterocycles. The Morgan fingerprint density at radius 1 is 1.37 bits per heavy atom. The number of rotatable bonds is 5. The first-order chi connectivity index (χ1) is 9.34. The molecule has 1 aromatic heterocycles. The lowest BCUT2D eigenvalue weighted by atomic mass is 10.0. The molecule has 2 rings (SSSR count). The summed E-state index contributed by atoms with van der Waals surface area (Å²) in [5.74, 6) is 1.12. The van der Waals surface area contributed by atoms with Crippen molar-refractivity contribution in [2.45, 2.75) is 37.4 Å². The first kappa shape index (κ1) is 14.6. The van der Waals surface area contributed by atoms with Gasteiger partial charge >= 0.3 is 0 Å². The maximum Gasteiger partial charge on any atom is 0.170 e. The minimum Gasteiger partial charge on any atom is -0.362 e. The van der Waals surface area contributed by atoms with Crippen LogP contribution < -0.4 is 10.6 Å². The van der Waals surface area contributed by atoms with Crippen LogP contribution in [0.4, 0.5) is 5.69 Å². The highest BCUT2D eigenvalue weighted by Crippen LogP contribution is 2.27. The van der Waals surface area contributed by atoms with Crippen LogP contribution >= 0.6 is 24.0 Å². The van der Waals surface area contributed by atoms with Gasteiger partial charge in [0.25, 0.3) is 0 Å². The van der Waals surface area contributed by atoms with Crippen molar-refractivity contribution in [3.8, 4) is 0 Å². The van der Waals surface area contributed by atoms with E-state index in [1.54, 1.807) is 12.4 Å². The zero-order chi connectivity index (χ0) is 13.3. The molecule has 1 saturated carbocycles. The molecule has 1 aliphatic carbocycles. The lowest BCUT2D eigenvalue weighted by Gasteiger charge is -2.21. The van der Waals surface area contributed by atoms with E-state index >= 15 is 0 Å². The molecule has 1 aromatic rings. The molecule has 1 aliphatic rings. The average molecular weight is 295 g/mol. The SMILES string of the molecule is S=C(NCCSC1CCCCC1)Nc1cccnc1. The summed E-state index contributed by atoms with van der Waals surface area (Å²) in [6.45, 7) is 0.924. The van der Waals surface area contributed by atoms with Crippen LogP contribution in [0.15, 0.2) is 24.5 Å². The van der Waals surface area contributed by atoms with Crippen molar-refractivity contribution in [3.63, 3.8) is 0 Å². The van der Waals surface area contributed by atoms with Crippen molar-refractivity contribution in [2.24, 2.45) is 0 Å². The van der Waals surface area contributed by atoms with Crippen LogP contribution in [0.2, 0.25) is 0 Å². The third-order valence-corrected chi connectivity index (χ3v) is 4.84. The predicted molar refractivity (Wildman–Crippen MR) is 87.8 cm³/mol. The van der Waals surface area contributed by atoms with Gasteiger partial charge in [-0.15, -0.1) is 0 Å². The van der Waals surface area contributed by atoms with Crippen LogP contribution in [0, 0.1) is 0 Å². The first-order valence-corrected chi connectivity index (χ1v) is 8.37. The summed E-state index contributed by atoms with van der Waals surface area (Å²) in [6.07, 6.45) is 10.5. The van der Waals surface area contributed by atoms with Gasteiger partial charge in [-0.3, -0.25) is 4.98 Å². The largest absolute Gasteiger partial charge is 0.362 e. The molecule has 3 nitrogen and oxygen atoms in total. The smallest absolute Gasteiger partial charge is 0.170 e. The maximum absolute atomic E-state index is 5.25. The van der Waals surface area contributed by atoms with E-state index in [-0.39, 0.29) is 0 Å². The monoisotopic (exact) mass is 295 g/mol. The Labute approximate surface area is 125 Å². The fourth-order valence-electron chi connectivity index (χ4n) is 2.23. The van der Waals surface area contributed by atoms with Gasteiger partial charge in [0.2, 0.25) is 0 Å². The molecule has 0 spiro atoms. The van der Waals surface area contributed by atoms with E-state index in [1.807, 2.05) is 12.1 Å². The van der Waals surface area contributed by atoms with Crippen molar-refractivity contribution in [1.82, 2.24) is 10.3 Å². The summed E-state index contributed by atoms with van der Waals surface area (Å²) in [5, 5.41) is 7.92. The summed E-state index contributed by atoms with van der Waals surface area (Å²) >= 11 is 7.33. The number of nitrogens with one attached hydrogen (secondary N) is 2. The Bertz CT molecular complexity index is 378. The van der Waals surface area contributed by atoms with Crippen molar-refractivity contribution < 1.29 is 0 Å². The van der Waals surface area contributed by atoms with Crippen molar-refractivity contribution >= 4 is 34.8 Å². The van der Waals surface area contributed by atoms with Gasteiger partial charge in [0.15, 0.2) is 5.11 Å². The lowest BCUT2D eigenvalue weighted by molar-refractivity contribution is 0.516. The highest BCUT2D eigenvalue weighted by atomic mass is 32.2. The molecule has 2 N–H and O–H groups in total. The Balaban J connectivity index is 1.56. The van der Waals surface area contributed by atoms with E-state index in [2.05, 4.69) is 27.4 Å². The number of aromatic nitrogens is 1. The molecule has 19 heavy (non-hydrogen) atoms. The van der Waals surface area contributed by atoms with Crippen LogP contribution in [0.5, 0.6) is 0 Å². The fraction of sp³-hybridized carbons (Fsp3) is 0.571. The Kier molecular flexibility index (Phi) is 6.44. The Morgan fingerprint density at radius 3 is 2.95 bits per heavy atom. The van der Waals surface area contributed by atoms with Crippen LogP contribution in [-0.4, -0.2) is 27.6 Å². The Morgan fingerprint density at radius 2 is 2.21 bits per heavy atom. The van der Waals surface area contributed by atoms with Crippen molar-refractivity contribution in [3.05, 3.63) is 24.5 Å². The number of nitrogens with zero attached hydrogens (tertiary/aromatic N) is 1. The van der Waals surface area contributed by atoms with Gasteiger partial charge in [-0.25, -0.2) is 0 Å². The maximum atomic E-state index is 5.25. The molecular formula is C14H21N3S2. The zero-order valence-corrected chi connectivity index (χ0v) is 12.7. The quantitative estimate of drug-likeness (QED) is 0.643. The minimum atomic E-state index is 0.678. The molecular weight excluding hydrogens is 274 g/mol.